The molecule has 23 heavy (non-hydrogen) atoms. The molecule has 0 N–H and O–H groups in total. The van der Waals surface area contributed by atoms with Crippen LogP contribution in [0.3, 0.4) is 0 Å². The molecule has 4 nitrogen and oxygen atoms in total. The van der Waals surface area contributed by atoms with E-state index in [-0.39, 0.29) is 11.3 Å². The van der Waals surface area contributed by atoms with Gasteiger partial charge in [-0.2, -0.15) is 11.8 Å². The molecule has 1 unspecified atom stereocenters. The van der Waals surface area contributed by atoms with Gasteiger partial charge in [-0.05, 0) is 29.8 Å². The van der Waals surface area contributed by atoms with Crippen molar-refractivity contribution >= 4 is 29.4 Å². The first-order chi connectivity index (χ1) is 11.3. The topological polar surface area (TPSA) is 42.7 Å². The van der Waals surface area contributed by atoms with Crippen molar-refractivity contribution in [1.29, 1.82) is 0 Å². The number of carbonyl (C=O) groups excluding carboxylic acids is 1. The average Bonchev–Trinajstić information content (AvgIpc) is 3.22. The zero-order valence-electron chi connectivity index (χ0n) is 12.9. The van der Waals surface area contributed by atoms with E-state index in [2.05, 4.69) is 6.07 Å². The van der Waals surface area contributed by atoms with Crippen LogP contribution in [0.2, 0.25) is 0 Å². The van der Waals surface area contributed by atoms with Crippen LogP contribution in [-0.4, -0.2) is 36.0 Å². The summed E-state index contributed by atoms with van der Waals surface area (Å²) in [5.74, 6) is 4.29. The molecule has 3 rings (SSSR count). The Labute approximate surface area is 144 Å². The summed E-state index contributed by atoms with van der Waals surface area (Å²) >= 11 is 3.46. The maximum absolute atomic E-state index is 12.2. The lowest BCUT2D eigenvalue weighted by Gasteiger charge is -2.24. The summed E-state index contributed by atoms with van der Waals surface area (Å²) in [7, 11) is 1.66. The Morgan fingerprint density at radius 1 is 1.39 bits per heavy atom. The summed E-state index contributed by atoms with van der Waals surface area (Å²) in [6.07, 6.45) is 1.69. The van der Waals surface area contributed by atoms with E-state index in [1.54, 1.807) is 36.9 Å². The Kier molecular flexibility index (Phi) is 5.56. The van der Waals surface area contributed by atoms with Crippen molar-refractivity contribution in [2.24, 2.45) is 0 Å². The normalized spacial score (nSPS) is 17.7. The number of rotatable bonds is 7. The highest BCUT2D eigenvalue weighted by Gasteiger charge is 2.32. The number of hydrogen-bond acceptors (Lipinski definition) is 5. The van der Waals surface area contributed by atoms with Gasteiger partial charge in [0.1, 0.15) is 16.9 Å². The summed E-state index contributed by atoms with van der Waals surface area (Å²) in [4.78, 5) is 14.1. The van der Waals surface area contributed by atoms with Gasteiger partial charge in [-0.15, -0.1) is 11.8 Å². The number of amides is 1. The lowest BCUT2D eigenvalue weighted by molar-refractivity contribution is -0.127. The number of thioether (sulfide) groups is 2. The van der Waals surface area contributed by atoms with Gasteiger partial charge in [0.05, 0.1) is 24.9 Å². The number of methoxy groups -OCH3 is 1. The van der Waals surface area contributed by atoms with Gasteiger partial charge in [-0.1, -0.05) is 12.1 Å². The molecule has 0 spiro atoms. The smallest absolute Gasteiger partial charge is 0.233 e. The van der Waals surface area contributed by atoms with Crippen molar-refractivity contribution in [2.75, 3.05) is 25.2 Å². The first kappa shape index (κ1) is 16.3. The molecule has 6 heteroatoms. The van der Waals surface area contributed by atoms with E-state index in [9.17, 15) is 4.79 Å². The van der Waals surface area contributed by atoms with Gasteiger partial charge in [-0.3, -0.25) is 4.79 Å². The Hall–Kier alpha value is -1.53. The second-order valence-electron chi connectivity index (χ2n) is 5.16. The Bertz CT molecular complexity index is 645. The molecule has 1 aromatic carbocycles. The van der Waals surface area contributed by atoms with E-state index < -0.39 is 0 Å². The SMILES string of the molecule is COc1cccc(C2SCC(=O)N2CCSCc2ccco2)c1. The van der Waals surface area contributed by atoms with E-state index >= 15 is 0 Å². The minimum Gasteiger partial charge on any atom is -0.497 e. The van der Waals surface area contributed by atoms with Gasteiger partial charge < -0.3 is 14.1 Å². The van der Waals surface area contributed by atoms with E-state index in [1.165, 1.54) is 0 Å². The standard InChI is InChI=1S/C17H19NO3S2/c1-20-14-5-2-4-13(10-14)17-18(16(19)12-23-17)7-9-22-11-15-6-3-8-21-15/h2-6,8,10,17H,7,9,11-12H2,1H3. The number of carbonyl (C=O) groups is 1. The molecular weight excluding hydrogens is 330 g/mol. The quantitative estimate of drug-likeness (QED) is 0.712. The minimum atomic E-state index is 0.0850. The van der Waals surface area contributed by atoms with Crippen LogP contribution >= 0.6 is 23.5 Å². The fourth-order valence-corrected chi connectivity index (χ4v) is 4.54. The van der Waals surface area contributed by atoms with Crippen LogP contribution < -0.4 is 4.74 Å². The van der Waals surface area contributed by atoms with Crippen molar-refractivity contribution < 1.29 is 13.9 Å². The fraction of sp³-hybridized carbons (Fsp3) is 0.353. The molecule has 1 amide bonds. The second-order valence-corrected chi connectivity index (χ2v) is 7.33. The maximum Gasteiger partial charge on any atom is 0.233 e. The van der Waals surface area contributed by atoms with Gasteiger partial charge in [0.25, 0.3) is 0 Å². The highest BCUT2D eigenvalue weighted by atomic mass is 32.2. The van der Waals surface area contributed by atoms with Crippen LogP contribution in [0.4, 0.5) is 0 Å². The van der Waals surface area contributed by atoms with Gasteiger partial charge in [0.15, 0.2) is 0 Å². The third-order valence-electron chi connectivity index (χ3n) is 3.65. The Morgan fingerprint density at radius 2 is 2.30 bits per heavy atom. The van der Waals surface area contributed by atoms with Crippen molar-refractivity contribution in [3.63, 3.8) is 0 Å². The van der Waals surface area contributed by atoms with E-state index in [0.717, 1.165) is 35.1 Å². The van der Waals surface area contributed by atoms with Gasteiger partial charge in [0, 0.05) is 12.3 Å². The molecule has 1 aromatic heterocycles. The van der Waals surface area contributed by atoms with E-state index in [4.69, 9.17) is 9.15 Å². The number of furan rings is 1. The third-order valence-corrected chi connectivity index (χ3v) is 5.86. The molecule has 0 saturated carbocycles. The minimum absolute atomic E-state index is 0.0850. The van der Waals surface area contributed by atoms with E-state index in [0.29, 0.717) is 5.75 Å². The van der Waals surface area contributed by atoms with Gasteiger partial charge in [0.2, 0.25) is 5.91 Å². The highest BCUT2D eigenvalue weighted by Crippen LogP contribution is 2.39. The largest absolute Gasteiger partial charge is 0.497 e. The fourth-order valence-electron chi connectivity index (χ4n) is 2.50. The number of ether oxygens (including phenoxy) is 1. The van der Waals surface area contributed by atoms with Crippen LogP contribution in [0, 0.1) is 0 Å². The number of hydrogen-bond donors (Lipinski definition) is 0. The molecule has 2 aromatic rings. The molecule has 1 aliphatic heterocycles. The van der Waals surface area contributed by atoms with Crippen molar-refractivity contribution in [3.8, 4) is 5.75 Å². The summed E-state index contributed by atoms with van der Waals surface area (Å²) in [5, 5.41) is 0.0850. The molecule has 0 radical (unpaired) electrons. The number of nitrogens with zero attached hydrogens (tertiary/aromatic N) is 1. The molecule has 1 saturated heterocycles. The monoisotopic (exact) mass is 349 g/mol. The molecule has 122 valence electrons. The van der Waals surface area contributed by atoms with Crippen LogP contribution in [0.5, 0.6) is 5.75 Å². The zero-order valence-corrected chi connectivity index (χ0v) is 14.6. The van der Waals surface area contributed by atoms with Crippen LogP contribution in [0.15, 0.2) is 47.1 Å². The average molecular weight is 349 g/mol. The highest BCUT2D eigenvalue weighted by molar-refractivity contribution is 8.00. The molecule has 2 heterocycles. The molecule has 1 fully saturated rings. The second kappa shape index (κ2) is 7.84. The Balaban J connectivity index is 1.58. The molecule has 1 atom stereocenters. The van der Waals surface area contributed by atoms with Gasteiger partial charge >= 0.3 is 0 Å². The predicted molar refractivity (Wildman–Crippen MR) is 94.8 cm³/mol. The van der Waals surface area contributed by atoms with Crippen LogP contribution in [0.25, 0.3) is 0 Å². The van der Waals surface area contributed by atoms with Crippen molar-refractivity contribution in [1.82, 2.24) is 4.90 Å². The zero-order chi connectivity index (χ0) is 16.1. The predicted octanol–water partition coefficient (Wildman–Crippen LogP) is 3.80. The lowest BCUT2D eigenvalue weighted by atomic mass is 10.2. The summed E-state index contributed by atoms with van der Waals surface area (Å²) in [6, 6.07) is 11.8. The van der Waals surface area contributed by atoms with Crippen LogP contribution in [-0.2, 0) is 10.5 Å². The van der Waals surface area contributed by atoms with E-state index in [1.807, 2.05) is 35.2 Å². The van der Waals surface area contributed by atoms with Crippen LogP contribution in [0.1, 0.15) is 16.7 Å². The first-order valence-corrected chi connectivity index (χ1v) is 9.63. The first-order valence-electron chi connectivity index (χ1n) is 7.43. The third kappa shape index (κ3) is 4.06. The van der Waals surface area contributed by atoms with Gasteiger partial charge in [-0.25, -0.2) is 0 Å². The molecule has 0 bridgehead atoms. The maximum atomic E-state index is 12.2. The molecule has 1 aliphatic rings. The molecular formula is C17H19NO3S2. The molecule has 0 aliphatic carbocycles. The summed E-state index contributed by atoms with van der Waals surface area (Å²) in [5.41, 5.74) is 1.12. The lowest BCUT2D eigenvalue weighted by Crippen LogP contribution is -2.30. The Morgan fingerprint density at radius 3 is 3.09 bits per heavy atom. The van der Waals surface area contributed by atoms with Crippen molar-refractivity contribution in [2.45, 2.75) is 11.1 Å². The van der Waals surface area contributed by atoms with Crippen molar-refractivity contribution in [3.05, 3.63) is 54.0 Å². The number of benzene rings is 1. The summed E-state index contributed by atoms with van der Waals surface area (Å²) < 4.78 is 10.6. The summed E-state index contributed by atoms with van der Waals surface area (Å²) in [6.45, 7) is 0.749.